The number of hydrogen-bond donors (Lipinski definition) is 0. The minimum absolute atomic E-state index is 0.403. The van der Waals surface area contributed by atoms with Crippen molar-refractivity contribution in [2.45, 2.75) is 12.7 Å². The van der Waals surface area contributed by atoms with Crippen molar-refractivity contribution in [1.82, 2.24) is 9.78 Å². The van der Waals surface area contributed by atoms with Gasteiger partial charge < -0.3 is 0 Å². The molecule has 1 heterocycles. The Morgan fingerprint density at radius 1 is 1.67 bits per heavy atom. The topological polar surface area (TPSA) is 52.0 Å². The molecular weight excluding hydrogens is 183 g/mol. The second kappa shape index (κ2) is 2.85. The summed E-state index contributed by atoms with van der Waals surface area (Å²) in [6, 6.07) is 0. The van der Waals surface area contributed by atoms with Crippen LogP contribution in [-0.2, 0) is 23.0 Å². The smallest absolute Gasteiger partial charge is 0.275 e. The van der Waals surface area contributed by atoms with E-state index in [1.54, 1.807) is 14.0 Å². The molecule has 68 valence electrons. The Morgan fingerprint density at radius 3 is 2.58 bits per heavy atom. The fourth-order valence-electron chi connectivity index (χ4n) is 0.976. The molecule has 0 radical (unpaired) electrons. The molecule has 0 aliphatic rings. The molecule has 4 nitrogen and oxygen atoms in total. The third-order valence-corrected chi connectivity index (χ3v) is 2.10. The van der Waals surface area contributed by atoms with Crippen LogP contribution in [0.5, 0.6) is 0 Å². The van der Waals surface area contributed by atoms with Gasteiger partial charge in [-0.05, 0) is 6.92 Å². The molecule has 0 N–H and O–H groups in total. The molecule has 0 fully saturated rings. The lowest BCUT2D eigenvalue weighted by Gasteiger charge is -1.90. The summed E-state index contributed by atoms with van der Waals surface area (Å²) in [6.45, 7) is 1.64. The van der Waals surface area contributed by atoms with E-state index < -0.39 is 16.0 Å². The van der Waals surface area contributed by atoms with E-state index in [2.05, 4.69) is 5.10 Å². The lowest BCUT2D eigenvalue weighted by molar-refractivity contribution is 0.551. The quantitative estimate of drug-likeness (QED) is 0.642. The van der Waals surface area contributed by atoms with Crippen LogP contribution in [0.15, 0.2) is 6.20 Å². The summed E-state index contributed by atoms with van der Waals surface area (Å²) in [5.74, 6) is -0.591. The van der Waals surface area contributed by atoms with Gasteiger partial charge in [-0.3, -0.25) is 4.68 Å². The first kappa shape index (κ1) is 9.18. The molecule has 0 aromatic carbocycles. The van der Waals surface area contributed by atoms with Gasteiger partial charge in [0, 0.05) is 18.8 Å². The van der Waals surface area contributed by atoms with Crippen LogP contribution in [0, 0.1) is 6.92 Å². The van der Waals surface area contributed by atoms with Crippen LogP contribution in [-0.4, -0.2) is 18.2 Å². The third kappa shape index (κ3) is 2.30. The molecule has 0 spiro atoms. The number of hydrogen-bond acceptors (Lipinski definition) is 3. The van der Waals surface area contributed by atoms with Gasteiger partial charge in [-0.15, -0.1) is 3.89 Å². The second-order valence-corrected chi connectivity index (χ2v) is 3.96. The maximum absolute atomic E-state index is 12.2. The predicted molar refractivity (Wildman–Crippen MR) is 41.7 cm³/mol. The summed E-state index contributed by atoms with van der Waals surface area (Å²) in [5.41, 5.74) is 0.943. The van der Waals surface area contributed by atoms with Crippen LogP contribution in [0.1, 0.15) is 11.3 Å². The molecular formula is C6H9FN2O2S. The lowest BCUT2D eigenvalue weighted by atomic mass is 10.3. The average Bonchev–Trinajstić information content (AvgIpc) is 2.06. The monoisotopic (exact) mass is 192 g/mol. The van der Waals surface area contributed by atoms with Crippen molar-refractivity contribution in [3.8, 4) is 0 Å². The highest BCUT2D eigenvalue weighted by atomic mass is 32.3. The van der Waals surface area contributed by atoms with E-state index in [4.69, 9.17) is 0 Å². The standard InChI is InChI=1S/C6H9FN2O2S/c1-5-6(3-9(2)8-5)4-12(7,10)11/h3H,4H2,1-2H3. The summed E-state index contributed by atoms with van der Waals surface area (Å²) in [7, 11) is -2.79. The molecule has 0 saturated carbocycles. The van der Waals surface area contributed by atoms with E-state index >= 15 is 0 Å². The third-order valence-electron chi connectivity index (χ3n) is 1.44. The molecule has 0 unspecified atom stereocenters. The van der Waals surface area contributed by atoms with Crippen molar-refractivity contribution in [3.63, 3.8) is 0 Å². The molecule has 0 saturated heterocycles. The van der Waals surface area contributed by atoms with Gasteiger partial charge in [0.05, 0.1) is 5.69 Å². The zero-order chi connectivity index (χ0) is 9.35. The first-order chi connectivity index (χ1) is 5.38. The number of halogens is 1. The lowest BCUT2D eigenvalue weighted by Crippen LogP contribution is -1.96. The summed E-state index contributed by atoms with van der Waals surface area (Å²) in [5, 5.41) is 3.88. The molecule has 1 aromatic heterocycles. The van der Waals surface area contributed by atoms with Gasteiger partial charge in [-0.25, -0.2) is 0 Å². The van der Waals surface area contributed by atoms with Crippen LogP contribution in [0.2, 0.25) is 0 Å². The maximum Gasteiger partial charge on any atom is 0.306 e. The SMILES string of the molecule is Cc1nn(C)cc1CS(=O)(=O)F. The van der Waals surface area contributed by atoms with Crippen molar-refractivity contribution >= 4 is 10.2 Å². The minimum Gasteiger partial charge on any atom is -0.275 e. The summed E-state index contributed by atoms with van der Waals surface area (Å²) >= 11 is 0. The molecule has 1 aromatic rings. The van der Waals surface area contributed by atoms with E-state index in [1.807, 2.05) is 0 Å². The Morgan fingerprint density at radius 2 is 2.25 bits per heavy atom. The van der Waals surface area contributed by atoms with Crippen molar-refractivity contribution in [2.24, 2.45) is 7.05 Å². The highest BCUT2D eigenvalue weighted by Gasteiger charge is 2.12. The van der Waals surface area contributed by atoms with Gasteiger partial charge in [0.2, 0.25) is 0 Å². The van der Waals surface area contributed by atoms with Crippen molar-refractivity contribution in [1.29, 1.82) is 0 Å². The normalized spacial score (nSPS) is 11.9. The van der Waals surface area contributed by atoms with Gasteiger partial charge in [0.15, 0.2) is 0 Å². The average molecular weight is 192 g/mol. The Hall–Kier alpha value is -0.910. The number of nitrogens with zero attached hydrogens (tertiary/aromatic N) is 2. The number of rotatable bonds is 2. The van der Waals surface area contributed by atoms with Crippen molar-refractivity contribution in [3.05, 3.63) is 17.5 Å². The second-order valence-electron chi connectivity index (χ2n) is 2.60. The van der Waals surface area contributed by atoms with E-state index in [1.165, 1.54) is 10.9 Å². The Kier molecular flexibility index (Phi) is 2.18. The molecule has 0 bridgehead atoms. The highest BCUT2D eigenvalue weighted by molar-refractivity contribution is 7.85. The largest absolute Gasteiger partial charge is 0.306 e. The maximum atomic E-state index is 12.2. The summed E-state index contributed by atoms with van der Waals surface area (Å²) < 4.78 is 34.2. The van der Waals surface area contributed by atoms with Crippen LogP contribution in [0.4, 0.5) is 3.89 Å². The Labute approximate surface area is 70.2 Å². The fourth-order valence-corrected chi connectivity index (χ4v) is 1.63. The van der Waals surface area contributed by atoms with Gasteiger partial charge >= 0.3 is 10.2 Å². The fraction of sp³-hybridized carbons (Fsp3) is 0.500. The Bertz CT molecular complexity index is 382. The zero-order valence-electron chi connectivity index (χ0n) is 6.78. The molecule has 0 atom stereocenters. The first-order valence-electron chi connectivity index (χ1n) is 3.30. The van der Waals surface area contributed by atoms with Crippen molar-refractivity contribution in [2.75, 3.05) is 0 Å². The predicted octanol–water partition coefficient (Wildman–Crippen LogP) is 0.528. The van der Waals surface area contributed by atoms with Gasteiger partial charge in [-0.1, -0.05) is 0 Å². The zero-order valence-corrected chi connectivity index (χ0v) is 7.60. The first-order valence-corrected chi connectivity index (χ1v) is 4.85. The summed E-state index contributed by atoms with van der Waals surface area (Å²) in [4.78, 5) is 0. The number of aromatic nitrogens is 2. The van der Waals surface area contributed by atoms with Gasteiger partial charge in [0.25, 0.3) is 0 Å². The van der Waals surface area contributed by atoms with E-state index in [0.29, 0.717) is 11.3 Å². The van der Waals surface area contributed by atoms with E-state index in [9.17, 15) is 12.3 Å². The minimum atomic E-state index is -4.44. The molecule has 0 aliphatic heterocycles. The van der Waals surface area contributed by atoms with E-state index in [0.717, 1.165) is 0 Å². The highest BCUT2D eigenvalue weighted by Crippen LogP contribution is 2.10. The molecule has 6 heteroatoms. The van der Waals surface area contributed by atoms with Crippen molar-refractivity contribution < 1.29 is 12.3 Å². The van der Waals surface area contributed by atoms with Crippen LogP contribution < -0.4 is 0 Å². The molecule has 12 heavy (non-hydrogen) atoms. The Balaban J connectivity index is 2.97. The molecule has 0 amide bonds. The molecule has 1 rings (SSSR count). The van der Waals surface area contributed by atoms with Crippen LogP contribution in [0.3, 0.4) is 0 Å². The van der Waals surface area contributed by atoms with Crippen LogP contribution in [0.25, 0.3) is 0 Å². The summed E-state index contributed by atoms with van der Waals surface area (Å²) in [6.07, 6.45) is 1.49. The van der Waals surface area contributed by atoms with Crippen LogP contribution >= 0.6 is 0 Å². The van der Waals surface area contributed by atoms with Gasteiger partial charge in [-0.2, -0.15) is 13.5 Å². The molecule has 0 aliphatic carbocycles. The van der Waals surface area contributed by atoms with Gasteiger partial charge in [0.1, 0.15) is 5.75 Å². The number of aryl methyl sites for hydroxylation is 2. The van der Waals surface area contributed by atoms with E-state index in [-0.39, 0.29) is 0 Å².